The van der Waals surface area contributed by atoms with Crippen LogP contribution < -0.4 is 5.32 Å². The molecule has 1 amide bonds. The highest BCUT2D eigenvalue weighted by atomic mass is 35.5. The first-order valence-corrected chi connectivity index (χ1v) is 6.63. The zero-order valence-corrected chi connectivity index (χ0v) is 11.8. The number of hydrogen-bond acceptors (Lipinski definition) is 1. The van der Waals surface area contributed by atoms with Crippen LogP contribution in [-0.2, 0) is 6.42 Å². The van der Waals surface area contributed by atoms with Gasteiger partial charge in [-0.15, -0.1) is 0 Å². The van der Waals surface area contributed by atoms with Gasteiger partial charge in [-0.05, 0) is 56.2 Å². The van der Waals surface area contributed by atoms with Crippen molar-refractivity contribution in [3.05, 3.63) is 57.9 Å². The Balaban J connectivity index is 1.87. The van der Waals surface area contributed by atoms with Crippen LogP contribution in [0.3, 0.4) is 0 Å². The maximum absolute atomic E-state index is 11.9. The van der Waals surface area contributed by atoms with Gasteiger partial charge in [0.15, 0.2) is 0 Å². The molecule has 1 aromatic carbocycles. The van der Waals surface area contributed by atoms with Gasteiger partial charge in [0.2, 0.25) is 0 Å². The Morgan fingerprint density at radius 1 is 1.26 bits per heavy atom. The van der Waals surface area contributed by atoms with E-state index in [1.54, 1.807) is 24.3 Å². The molecule has 0 unspecified atom stereocenters. The van der Waals surface area contributed by atoms with Gasteiger partial charge in [0.05, 0.1) is 0 Å². The molecule has 19 heavy (non-hydrogen) atoms. The van der Waals surface area contributed by atoms with E-state index in [-0.39, 0.29) is 5.91 Å². The lowest BCUT2D eigenvalue weighted by Gasteiger charge is -2.05. The molecule has 0 atom stereocenters. The summed E-state index contributed by atoms with van der Waals surface area (Å²) in [5, 5.41) is 3.54. The number of amides is 1. The summed E-state index contributed by atoms with van der Waals surface area (Å²) in [7, 11) is 0. The molecule has 2 N–H and O–H groups in total. The maximum Gasteiger partial charge on any atom is 0.251 e. The van der Waals surface area contributed by atoms with Crippen LogP contribution in [0.25, 0.3) is 0 Å². The number of rotatable bonds is 4. The van der Waals surface area contributed by atoms with Gasteiger partial charge in [0.25, 0.3) is 5.91 Å². The number of carbonyl (C=O) groups is 1. The molecular weight excluding hydrogens is 260 g/mol. The summed E-state index contributed by atoms with van der Waals surface area (Å²) < 4.78 is 0. The first-order chi connectivity index (χ1) is 9.06. The number of hydrogen-bond donors (Lipinski definition) is 2. The Kier molecular flexibility index (Phi) is 4.27. The average Bonchev–Trinajstić information content (AvgIpc) is 2.68. The molecule has 0 saturated carbocycles. The lowest BCUT2D eigenvalue weighted by molar-refractivity contribution is 0.0954. The van der Waals surface area contributed by atoms with Crippen molar-refractivity contribution in [1.82, 2.24) is 10.3 Å². The number of aromatic nitrogens is 1. The molecule has 2 aromatic rings. The van der Waals surface area contributed by atoms with Crippen LogP contribution in [0.15, 0.2) is 30.3 Å². The van der Waals surface area contributed by atoms with Crippen LogP contribution in [0.2, 0.25) is 5.02 Å². The van der Waals surface area contributed by atoms with E-state index >= 15 is 0 Å². The molecule has 1 heterocycles. The van der Waals surface area contributed by atoms with E-state index in [4.69, 9.17) is 11.6 Å². The second kappa shape index (κ2) is 5.93. The minimum Gasteiger partial charge on any atom is -0.362 e. The zero-order chi connectivity index (χ0) is 13.8. The molecule has 2 rings (SSSR count). The third kappa shape index (κ3) is 3.61. The average molecular weight is 277 g/mol. The molecule has 100 valence electrons. The van der Waals surface area contributed by atoms with Gasteiger partial charge in [-0.2, -0.15) is 0 Å². The van der Waals surface area contributed by atoms with Crippen LogP contribution in [0.5, 0.6) is 0 Å². The molecule has 0 saturated heterocycles. The predicted octanol–water partition coefficient (Wildman–Crippen LogP) is 3.26. The topological polar surface area (TPSA) is 44.9 Å². The first kappa shape index (κ1) is 13.7. The monoisotopic (exact) mass is 276 g/mol. The van der Waals surface area contributed by atoms with Crippen molar-refractivity contribution in [3.8, 4) is 0 Å². The number of aromatic amines is 1. The Morgan fingerprint density at radius 2 is 1.95 bits per heavy atom. The van der Waals surface area contributed by atoms with Gasteiger partial charge in [-0.1, -0.05) is 11.6 Å². The van der Waals surface area contributed by atoms with Gasteiger partial charge in [0.1, 0.15) is 0 Å². The Labute approximate surface area is 118 Å². The maximum atomic E-state index is 11.9. The minimum absolute atomic E-state index is 0.0680. The lowest BCUT2D eigenvalue weighted by atomic mass is 10.1. The van der Waals surface area contributed by atoms with Crippen LogP contribution >= 0.6 is 11.6 Å². The lowest BCUT2D eigenvalue weighted by Crippen LogP contribution is -2.25. The molecule has 0 spiro atoms. The summed E-state index contributed by atoms with van der Waals surface area (Å²) in [5.74, 6) is -0.0680. The highest BCUT2D eigenvalue weighted by Gasteiger charge is 2.06. The molecule has 0 bridgehead atoms. The molecule has 1 aromatic heterocycles. The molecule has 0 aliphatic heterocycles. The molecule has 0 aliphatic rings. The fraction of sp³-hybridized carbons (Fsp3) is 0.267. The SMILES string of the molecule is Cc1cc(CCNC(=O)c2ccc(Cl)cc2)c(C)[nH]1. The van der Waals surface area contributed by atoms with Crippen molar-refractivity contribution in [2.75, 3.05) is 6.54 Å². The van der Waals surface area contributed by atoms with Crippen molar-refractivity contribution >= 4 is 17.5 Å². The van der Waals surface area contributed by atoms with E-state index in [1.165, 1.54) is 11.3 Å². The second-order valence-electron chi connectivity index (χ2n) is 4.62. The Morgan fingerprint density at radius 3 is 2.53 bits per heavy atom. The summed E-state index contributed by atoms with van der Waals surface area (Å²) in [5.41, 5.74) is 4.19. The molecule has 0 radical (unpaired) electrons. The summed E-state index contributed by atoms with van der Waals surface area (Å²) >= 11 is 5.79. The normalized spacial score (nSPS) is 10.5. The van der Waals surface area contributed by atoms with Gasteiger partial charge >= 0.3 is 0 Å². The van der Waals surface area contributed by atoms with Crippen molar-refractivity contribution in [2.24, 2.45) is 0 Å². The van der Waals surface area contributed by atoms with Crippen molar-refractivity contribution in [1.29, 1.82) is 0 Å². The van der Waals surface area contributed by atoms with E-state index < -0.39 is 0 Å². The number of benzene rings is 1. The summed E-state index contributed by atoms with van der Waals surface area (Å²) in [6.45, 7) is 4.70. The van der Waals surface area contributed by atoms with E-state index in [2.05, 4.69) is 16.4 Å². The van der Waals surface area contributed by atoms with E-state index in [1.807, 2.05) is 13.8 Å². The quantitative estimate of drug-likeness (QED) is 0.885. The molecule has 0 fully saturated rings. The highest BCUT2D eigenvalue weighted by Crippen LogP contribution is 2.11. The standard InChI is InChI=1S/C15H17ClN2O/c1-10-9-13(11(2)18-10)7-8-17-15(19)12-3-5-14(16)6-4-12/h3-6,9,18H,7-8H2,1-2H3,(H,17,19). The smallest absolute Gasteiger partial charge is 0.251 e. The predicted molar refractivity (Wildman–Crippen MR) is 77.8 cm³/mol. The summed E-state index contributed by atoms with van der Waals surface area (Å²) in [4.78, 5) is 15.1. The molecule has 4 heteroatoms. The highest BCUT2D eigenvalue weighted by molar-refractivity contribution is 6.30. The van der Waals surface area contributed by atoms with Crippen LogP contribution in [0, 0.1) is 13.8 Å². The van der Waals surface area contributed by atoms with Crippen LogP contribution in [0.1, 0.15) is 27.3 Å². The molecular formula is C15H17ClN2O. The van der Waals surface area contributed by atoms with Crippen molar-refractivity contribution in [2.45, 2.75) is 20.3 Å². The molecule has 0 aliphatic carbocycles. The molecule has 3 nitrogen and oxygen atoms in total. The fourth-order valence-electron chi connectivity index (χ4n) is 2.06. The van der Waals surface area contributed by atoms with Crippen LogP contribution in [-0.4, -0.2) is 17.4 Å². The first-order valence-electron chi connectivity index (χ1n) is 6.25. The number of nitrogens with one attached hydrogen (secondary N) is 2. The minimum atomic E-state index is -0.0680. The number of carbonyl (C=O) groups excluding carboxylic acids is 1. The largest absolute Gasteiger partial charge is 0.362 e. The van der Waals surface area contributed by atoms with Gasteiger partial charge in [-0.25, -0.2) is 0 Å². The number of aryl methyl sites for hydroxylation is 2. The fourth-order valence-corrected chi connectivity index (χ4v) is 2.18. The van der Waals surface area contributed by atoms with Gasteiger partial charge < -0.3 is 10.3 Å². The second-order valence-corrected chi connectivity index (χ2v) is 5.05. The van der Waals surface area contributed by atoms with Crippen LogP contribution in [0.4, 0.5) is 0 Å². The summed E-state index contributed by atoms with van der Waals surface area (Å²) in [6.07, 6.45) is 0.829. The zero-order valence-electron chi connectivity index (χ0n) is 11.1. The van der Waals surface area contributed by atoms with Gasteiger partial charge in [0, 0.05) is 28.5 Å². The van der Waals surface area contributed by atoms with E-state index in [9.17, 15) is 4.79 Å². The number of halogens is 1. The summed E-state index contributed by atoms with van der Waals surface area (Å²) in [6, 6.07) is 9.00. The van der Waals surface area contributed by atoms with E-state index in [0.717, 1.165) is 12.1 Å². The third-order valence-electron chi connectivity index (χ3n) is 3.04. The Hall–Kier alpha value is -1.74. The van der Waals surface area contributed by atoms with Crippen molar-refractivity contribution in [3.63, 3.8) is 0 Å². The van der Waals surface area contributed by atoms with E-state index in [0.29, 0.717) is 17.1 Å². The Bertz CT molecular complexity index is 572. The van der Waals surface area contributed by atoms with Gasteiger partial charge in [-0.3, -0.25) is 4.79 Å². The van der Waals surface area contributed by atoms with Crippen molar-refractivity contribution < 1.29 is 4.79 Å². The number of H-pyrrole nitrogens is 1. The third-order valence-corrected chi connectivity index (χ3v) is 3.30.